The van der Waals surface area contributed by atoms with Crippen LogP contribution in [0.1, 0.15) is 19.3 Å². The molecule has 3 rings (SSSR count). The van der Waals surface area contributed by atoms with Crippen molar-refractivity contribution in [2.24, 2.45) is 0 Å². The van der Waals surface area contributed by atoms with E-state index in [-0.39, 0.29) is 6.04 Å². The first-order valence-corrected chi connectivity index (χ1v) is 5.90. The molecule has 2 aromatic heterocycles. The van der Waals surface area contributed by atoms with Gasteiger partial charge in [0.15, 0.2) is 5.82 Å². The van der Waals surface area contributed by atoms with Gasteiger partial charge < -0.3 is 9.69 Å². The molecule has 0 aromatic carbocycles. The highest BCUT2D eigenvalue weighted by molar-refractivity contribution is 5.74. The molecular formula is C12H14N4O. The summed E-state index contributed by atoms with van der Waals surface area (Å²) in [5, 5.41) is 4.19. The van der Waals surface area contributed by atoms with Crippen LogP contribution in [0.3, 0.4) is 0 Å². The Morgan fingerprint density at radius 3 is 3.18 bits per heavy atom. The molecule has 17 heavy (non-hydrogen) atoms. The molecule has 1 aliphatic heterocycles. The van der Waals surface area contributed by atoms with E-state index in [4.69, 9.17) is 0 Å². The van der Waals surface area contributed by atoms with Gasteiger partial charge in [0, 0.05) is 18.9 Å². The van der Waals surface area contributed by atoms with Gasteiger partial charge in [-0.05, 0) is 25.3 Å². The molecule has 2 aromatic rings. The molecule has 1 atom stereocenters. The number of carbonyl (C=O) groups excluding carboxylic acids is 1. The summed E-state index contributed by atoms with van der Waals surface area (Å²) < 4.78 is 1.79. The molecule has 0 amide bonds. The van der Waals surface area contributed by atoms with E-state index in [1.54, 1.807) is 16.9 Å². The number of aromatic nitrogens is 3. The predicted molar refractivity (Wildman–Crippen MR) is 64.0 cm³/mol. The predicted octanol–water partition coefficient (Wildman–Crippen LogP) is 1.29. The second kappa shape index (κ2) is 4.16. The van der Waals surface area contributed by atoms with Gasteiger partial charge in [-0.1, -0.05) is 0 Å². The highest BCUT2D eigenvalue weighted by atomic mass is 16.1. The van der Waals surface area contributed by atoms with Crippen LogP contribution in [0.5, 0.6) is 0 Å². The highest BCUT2D eigenvalue weighted by Crippen LogP contribution is 2.25. The van der Waals surface area contributed by atoms with Gasteiger partial charge in [0.05, 0.1) is 12.2 Å². The first kappa shape index (κ1) is 10.3. The number of carbonyl (C=O) groups is 1. The van der Waals surface area contributed by atoms with E-state index in [9.17, 15) is 4.79 Å². The summed E-state index contributed by atoms with van der Waals surface area (Å²) in [5.41, 5.74) is 0.959. The summed E-state index contributed by atoms with van der Waals surface area (Å²) in [6.07, 6.45) is 9.47. The number of piperidine rings is 1. The zero-order valence-electron chi connectivity index (χ0n) is 9.49. The molecule has 5 nitrogen and oxygen atoms in total. The minimum atomic E-state index is -0.0441. The summed E-state index contributed by atoms with van der Waals surface area (Å²) in [7, 11) is 0. The summed E-state index contributed by atoms with van der Waals surface area (Å²) in [4.78, 5) is 17.6. The van der Waals surface area contributed by atoms with Gasteiger partial charge in [-0.15, -0.1) is 0 Å². The lowest BCUT2D eigenvalue weighted by atomic mass is 10.0. The first-order valence-electron chi connectivity index (χ1n) is 5.90. The Hall–Kier alpha value is -1.91. The maximum atomic E-state index is 11.1. The molecule has 0 aliphatic carbocycles. The fraction of sp³-hybridized carbons (Fsp3) is 0.417. The molecule has 0 radical (unpaired) electrons. The van der Waals surface area contributed by atoms with Crippen molar-refractivity contribution in [1.82, 2.24) is 14.6 Å². The number of hydrogen-bond acceptors (Lipinski definition) is 4. The van der Waals surface area contributed by atoms with E-state index in [0.29, 0.717) is 0 Å². The fourth-order valence-electron chi connectivity index (χ4n) is 2.43. The van der Waals surface area contributed by atoms with Gasteiger partial charge in [0.2, 0.25) is 0 Å². The lowest BCUT2D eigenvalue weighted by Gasteiger charge is -2.33. The first-order chi connectivity index (χ1) is 8.40. The number of aldehydes is 1. The standard InChI is InChI=1S/C12H14N4O/c17-9-10-3-1-2-7-15(10)12-11-4-5-14-16(11)8-6-13-12/h4-6,8-10H,1-3,7H2. The van der Waals surface area contributed by atoms with Crippen LogP contribution < -0.4 is 4.90 Å². The minimum Gasteiger partial charge on any atom is -0.345 e. The summed E-state index contributed by atoms with van der Waals surface area (Å²) in [6.45, 7) is 0.890. The van der Waals surface area contributed by atoms with E-state index >= 15 is 0 Å². The lowest BCUT2D eigenvalue weighted by Crippen LogP contribution is -2.41. The fourth-order valence-corrected chi connectivity index (χ4v) is 2.43. The SMILES string of the molecule is O=CC1CCCCN1c1nccn2nccc12. The number of anilines is 1. The van der Waals surface area contributed by atoms with Crippen LogP contribution >= 0.6 is 0 Å². The largest absolute Gasteiger partial charge is 0.345 e. The van der Waals surface area contributed by atoms with Crippen molar-refractivity contribution in [3.05, 3.63) is 24.7 Å². The summed E-state index contributed by atoms with van der Waals surface area (Å²) in [5.74, 6) is 0.863. The molecule has 1 aliphatic rings. The Morgan fingerprint density at radius 2 is 2.29 bits per heavy atom. The monoisotopic (exact) mass is 230 g/mol. The maximum Gasteiger partial charge on any atom is 0.155 e. The summed E-state index contributed by atoms with van der Waals surface area (Å²) >= 11 is 0. The van der Waals surface area contributed by atoms with Crippen LogP contribution in [0.2, 0.25) is 0 Å². The number of fused-ring (bicyclic) bond motifs is 1. The van der Waals surface area contributed by atoms with Gasteiger partial charge in [-0.2, -0.15) is 5.10 Å². The Morgan fingerprint density at radius 1 is 1.35 bits per heavy atom. The van der Waals surface area contributed by atoms with Crippen molar-refractivity contribution in [1.29, 1.82) is 0 Å². The molecule has 1 fully saturated rings. The second-order valence-corrected chi connectivity index (χ2v) is 4.30. The molecule has 3 heterocycles. The van der Waals surface area contributed by atoms with Crippen molar-refractivity contribution >= 4 is 17.6 Å². The Labute approximate surface area is 99.1 Å². The Bertz CT molecular complexity index is 536. The summed E-state index contributed by atoms with van der Waals surface area (Å²) in [6, 6.07) is 1.89. The number of rotatable bonds is 2. The minimum absolute atomic E-state index is 0.0441. The molecule has 1 saturated heterocycles. The molecule has 1 unspecified atom stereocenters. The van der Waals surface area contributed by atoms with E-state index in [1.807, 2.05) is 12.3 Å². The van der Waals surface area contributed by atoms with Gasteiger partial charge >= 0.3 is 0 Å². The normalized spacial score (nSPS) is 20.7. The van der Waals surface area contributed by atoms with Crippen molar-refractivity contribution in [2.45, 2.75) is 25.3 Å². The molecular weight excluding hydrogens is 216 g/mol. The van der Waals surface area contributed by atoms with Crippen LogP contribution in [-0.2, 0) is 4.79 Å². The van der Waals surface area contributed by atoms with Gasteiger partial charge in [0.1, 0.15) is 11.8 Å². The molecule has 0 N–H and O–H groups in total. The van der Waals surface area contributed by atoms with Crippen molar-refractivity contribution in [2.75, 3.05) is 11.4 Å². The zero-order valence-corrected chi connectivity index (χ0v) is 9.49. The average molecular weight is 230 g/mol. The third kappa shape index (κ3) is 1.67. The van der Waals surface area contributed by atoms with Gasteiger partial charge in [0.25, 0.3) is 0 Å². The average Bonchev–Trinajstić information content (AvgIpc) is 2.86. The second-order valence-electron chi connectivity index (χ2n) is 4.30. The van der Waals surface area contributed by atoms with Crippen molar-refractivity contribution in [3.8, 4) is 0 Å². The van der Waals surface area contributed by atoms with Crippen LogP contribution in [0, 0.1) is 0 Å². The maximum absolute atomic E-state index is 11.1. The molecule has 0 bridgehead atoms. The zero-order chi connectivity index (χ0) is 11.7. The quantitative estimate of drug-likeness (QED) is 0.729. The van der Waals surface area contributed by atoms with Crippen molar-refractivity contribution in [3.63, 3.8) is 0 Å². The number of hydrogen-bond donors (Lipinski definition) is 0. The van der Waals surface area contributed by atoms with Crippen LogP contribution in [0.4, 0.5) is 5.82 Å². The van der Waals surface area contributed by atoms with Crippen LogP contribution in [-0.4, -0.2) is 33.5 Å². The van der Waals surface area contributed by atoms with E-state index in [1.165, 1.54) is 0 Å². The van der Waals surface area contributed by atoms with Gasteiger partial charge in [-0.25, -0.2) is 9.50 Å². The highest BCUT2D eigenvalue weighted by Gasteiger charge is 2.24. The topological polar surface area (TPSA) is 50.5 Å². The van der Waals surface area contributed by atoms with Crippen LogP contribution in [0.25, 0.3) is 5.52 Å². The number of nitrogens with zero attached hydrogens (tertiary/aromatic N) is 4. The van der Waals surface area contributed by atoms with Crippen molar-refractivity contribution < 1.29 is 4.79 Å². The Kier molecular flexibility index (Phi) is 2.51. The molecule has 5 heteroatoms. The molecule has 88 valence electrons. The van der Waals surface area contributed by atoms with E-state index in [2.05, 4.69) is 15.0 Å². The Balaban J connectivity index is 2.07. The third-order valence-corrected chi connectivity index (χ3v) is 3.28. The molecule has 0 spiro atoms. The van der Waals surface area contributed by atoms with E-state index < -0.39 is 0 Å². The lowest BCUT2D eigenvalue weighted by molar-refractivity contribution is -0.109. The third-order valence-electron chi connectivity index (χ3n) is 3.28. The smallest absolute Gasteiger partial charge is 0.155 e. The van der Waals surface area contributed by atoms with Gasteiger partial charge in [-0.3, -0.25) is 0 Å². The van der Waals surface area contributed by atoms with Crippen LogP contribution in [0.15, 0.2) is 24.7 Å². The molecule has 0 saturated carbocycles. The van der Waals surface area contributed by atoms with E-state index in [0.717, 1.165) is 43.4 Å².